The lowest BCUT2D eigenvalue weighted by atomic mass is 10.0. The van der Waals surface area contributed by atoms with Gasteiger partial charge in [0.05, 0.1) is 0 Å². The molecule has 0 atom stereocenters. The van der Waals surface area contributed by atoms with Crippen LogP contribution in [0.25, 0.3) is 11.1 Å². The molecule has 0 amide bonds. The maximum Gasteiger partial charge on any atom is 0.229 e. The van der Waals surface area contributed by atoms with Gasteiger partial charge in [0.1, 0.15) is 5.82 Å². The summed E-state index contributed by atoms with van der Waals surface area (Å²) in [6.45, 7) is 4.16. The molecule has 1 saturated heterocycles. The summed E-state index contributed by atoms with van der Waals surface area (Å²) in [6, 6.07) is 18.8. The van der Waals surface area contributed by atoms with Crippen molar-refractivity contribution in [2.45, 2.75) is 12.8 Å². The van der Waals surface area contributed by atoms with Crippen molar-refractivity contribution >= 4 is 23.1 Å². The van der Waals surface area contributed by atoms with Crippen molar-refractivity contribution in [2.24, 2.45) is 0 Å². The Bertz CT molecular complexity index is 983. The van der Waals surface area contributed by atoms with Crippen molar-refractivity contribution in [3.8, 4) is 11.1 Å². The van der Waals surface area contributed by atoms with E-state index in [1.165, 1.54) is 17.7 Å². The van der Waals surface area contributed by atoms with Crippen molar-refractivity contribution in [3.05, 3.63) is 60.8 Å². The SMILES string of the molecule is CN(C)c1cccc(-c2cccc(Nc3nccc(NCCCN4CCCN4)n3)c2)c1. The first kappa shape index (κ1) is 21.1. The number of nitrogens with one attached hydrogen (secondary N) is 3. The van der Waals surface area contributed by atoms with Crippen LogP contribution in [0.1, 0.15) is 12.8 Å². The molecule has 3 N–H and O–H groups in total. The van der Waals surface area contributed by atoms with Gasteiger partial charge < -0.3 is 15.5 Å². The molecule has 0 unspecified atom stereocenters. The van der Waals surface area contributed by atoms with Crippen LogP contribution in [0.4, 0.5) is 23.1 Å². The minimum Gasteiger partial charge on any atom is -0.378 e. The largest absolute Gasteiger partial charge is 0.378 e. The molecule has 7 nitrogen and oxygen atoms in total. The summed E-state index contributed by atoms with van der Waals surface area (Å²) >= 11 is 0. The van der Waals surface area contributed by atoms with E-state index in [0.29, 0.717) is 5.95 Å². The van der Waals surface area contributed by atoms with Crippen LogP contribution in [-0.4, -0.2) is 55.3 Å². The number of aromatic nitrogens is 2. The third-order valence-corrected chi connectivity index (χ3v) is 5.32. The van der Waals surface area contributed by atoms with Gasteiger partial charge in [-0.25, -0.2) is 9.99 Å². The number of hydrogen-bond acceptors (Lipinski definition) is 7. The molecule has 31 heavy (non-hydrogen) atoms. The molecule has 0 radical (unpaired) electrons. The molecule has 0 bridgehead atoms. The molecule has 0 aliphatic carbocycles. The van der Waals surface area contributed by atoms with Gasteiger partial charge in [0.25, 0.3) is 0 Å². The van der Waals surface area contributed by atoms with Crippen molar-refractivity contribution in [2.75, 3.05) is 55.8 Å². The maximum atomic E-state index is 4.61. The fourth-order valence-electron chi connectivity index (χ4n) is 3.65. The molecule has 4 rings (SSSR count). The van der Waals surface area contributed by atoms with E-state index >= 15 is 0 Å². The fourth-order valence-corrected chi connectivity index (χ4v) is 3.65. The highest BCUT2D eigenvalue weighted by Gasteiger charge is 2.09. The van der Waals surface area contributed by atoms with Crippen molar-refractivity contribution < 1.29 is 0 Å². The Hall–Kier alpha value is -3.16. The average molecular weight is 418 g/mol. The third kappa shape index (κ3) is 5.93. The first-order valence-corrected chi connectivity index (χ1v) is 10.9. The van der Waals surface area contributed by atoms with Crippen LogP contribution in [0, 0.1) is 0 Å². The number of nitrogens with zero attached hydrogens (tertiary/aromatic N) is 4. The van der Waals surface area contributed by atoms with E-state index in [9.17, 15) is 0 Å². The summed E-state index contributed by atoms with van der Waals surface area (Å²) in [5.41, 5.74) is 7.86. The molecule has 0 saturated carbocycles. The Morgan fingerprint density at radius 1 is 1.06 bits per heavy atom. The van der Waals surface area contributed by atoms with Crippen molar-refractivity contribution in [3.63, 3.8) is 0 Å². The van der Waals surface area contributed by atoms with Gasteiger partial charge in [-0.1, -0.05) is 24.3 Å². The molecule has 2 heterocycles. The van der Waals surface area contributed by atoms with E-state index < -0.39 is 0 Å². The molecule has 3 aromatic rings. The Morgan fingerprint density at radius 3 is 2.71 bits per heavy atom. The van der Waals surface area contributed by atoms with E-state index in [1.807, 2.05) is 12.1 Å². The maximum absolute atomic E-state index is 4.61. The van der Waals surface area contributed by atoms with Crippen molar-refractivity contribution in [1.29, 1.82) is 0 Å². The Morgan fingerprint density at radius 2 is 1.90 bits per heavy atom. The molecular weight excluding hydrogens is 386 g/mol. The number of hydrogen-bond donors (Lipinski definition) is 3. The lowest BCUT2D eigenvalue weighted by molar-refractivity contribution is 0.253. The fraction of sp³-hybridized carbons (Fsp3) is 0.333. The summed E-state index contributed by atoms with van der Waals surface area (Å²) < 4.78 is 0. The Kier molecular flexibility index (Phi) is 6.96. The van der Waals surface area contributed by atoms with E-state index in [1.54, 1.807) is 6.20 Å². The molecule has 1 aromatic heterocycles. The van der Waals surface area contributed by atoms with Gasteiger partial charge in [0, 0.05) is 57.8 Å². The monoisotopic (exact) mass is 417 g/mol. The predicted molar refractivity (Wildman–Crippen MR) is 129 cm³/mol. The normalized spacial score (nSPS) is 13.9. The van der Waals surface area contributed by atoms with Gasteiger partial charge in [0.2, 0.25) is 5.95 Å². The van der Waals surface area contributed by atoms with Gasteiger partial charge >= 0.3 is 0 Å². The summed E-state index contributed by atoms with van der Waals surface area (Å²) in [6.07, 6.45) is 4.08. The highest BCUT2D eigenvalue weighted by molar-refractivity contribution is 5.72. The standard InChI is InChI=1S/C24H31N7/c1-30(2)22-10-4-8-20(18-22)19-7-3-9-21(17-19)28-24-26-14-11-23(29-24)25-12-5-15-31-16-6-13-27-31/h3-4,7-11,14,17-18,27H,5-6,12-13,15-16H2,1-2H3,(H2,25,26,28,29). The zero-order valence-corrected chi connectivity index (χ0v) is 18.3. The summed E-state index contributed by atoms with van der Waals surface area (Å²) in [5.74, 6) is 1.42. The molecule has 1 aliphatic heterocycles. The van der Waals surface area contributed by atoms with Gasteiger partial charge in [-0.05, 0) is 54.3 Å². The molecular formula is C24H31N7. The topological polar surface area (TPSA) is 68.3 Å². The average Bonchev–Trinajstić information content (AvgIpc) is 3.31. The minimum atomic E-state index is 0.588. The lowest BCUT2D eigenvalue weighted by Gasteiger charge is -2.15. The number of hydrazine groups is 1. The summed E-state index contributed by atoms with van der Waals surface area (Å²) in [4.78, 5) is 11.1. The minimum absolute atomic E-state index is 0.588. The van der Waals surface area contributed by atoms with Gasteiger partial charge in [0.15, 0.2) is 0 Å². The molecule has 0 spiro atoms. The van der Waals surface area contributed by atoms with Gasteiger partial charge in [-0.15, -0.1) is 0 Å². The highest BCUT2D eigenvalue weighted by Crippen LogP contribution is 2.27. The zero-order chi connectivity index (χ0) is 21.5. The lowest BCUT2D eigenvalue weighted by Crippen LogP contribution is -2.32. The number of benzene rings is 2. The van der Waals surface area contributed by atoms with Crippen LogP contribution in [0.2, 0.25) is 0 Å². The predicted octanol–water partition coefficient (Wildman–Crippen LogP) is 3.97. The van der Waals surface area contributed by atoms with Crippen LogP contribution in [-0.2, 0) is 0 Å². The van der Waals surface area contributed by atoms with Crippen LogP contribution in [0.3, 0.4) is 0 Å². The third-order valence-electron chi connectivity index (χ3n) is 5.32. The van der Waals surface area contributed by atoms with Crippen LogP contribution in [0.15, 0.2) is 60.8 Å². The second-order valence-electron chi connectivity index (χ2n) is 7.95. The molecule has 162 valence electrons. The number of anilines is 4. The summed E-state index contributed by atoms with van der Waals surface area (Å²) in [5, 5.41) is 9.02. The Balaban J connectivity index is 1.37. The molecule has 1 fully saturated rings. The second kappa shape index (κ2) is 10.2. The van der Waals surface area contributed by atoms with Gasteiger partial charge in [-0.2, -0.15) is 4.98 Å². The van der Waals surface area contributed by atoms with Crippen LogP contribution < -0.4 is 21.0 Å². The van der Waals surface area contributed by atoms with Crippen LogP contribution in [0.5, 0.6) is 0 Å². The van der Waals surface area contributed by atoms with E-state index in [-0.39, 0.29) is 0 Å². The van der Waals surface area contributed by atoms with Crippen LogP contribution >= 0.6 is 0 Å². The second-order valence-corrected chi connectivity index (χ2v) is 7.95. The molecule has 7 heteroatoms. The first-order chi connectivity index (χ1) is 15.2. The Labute approximate surface area is 184 Å². The number of rotatable bonds is 9. The smallest absolute Gasteiger partial charge is 0.229 e. The van der Waals surface area contributed by atoms with E-state index in [2.05, 4.69) is 92.5 Å². The van der Waals surface area contributed by atoms with E-state index in [4.69, 9.17) is 0 Å². The quantitative estimate of drug-likeness (QED) is 0.455. The first-order valence-electron chi connectivity index (χ1n) is 10.9. The zero-order valence-electron chi connectivity index (χ0n) is 18.3. The van der Waals surface area contributed by atoms with E-state index in [0.717, 1.165) is 49.7 Å². The molecule has 2 aromatic carbocycles. The summed E-state index contributed by atoms with van der Waals surface area (Å²) in [7, 11) is 4.11. The van der Waals surface area contributed by atoms with Crippen molar-refractivity contribution in [1.82, 2.24) is 20.4 Å². The highest BCUT2D eigenvalue weighted by atomic mass is 15.5. The molecule has 1 aliphatic rings. The van der Waals surface area contributed by atoms with Gasteiger partial charge in [-0.3, -0.25) is 5.43 Å².